The van der Waals surface area contributed by atoms with Gasteiger partial charge in [0.25, 0.3) is 0 Å². The van der Waals surface area contributed by atoms with Gasteiger partial charge in [-0.1, -0.05) is 25.1 Å². The number of halogens is 3. The van der Waals surface area contributed by atoms with E-state index >= 15 is 0 Å². The molecule has 2 N–H and O–H groups in total. The van der Waals surface area contributed by atoms with Crippen LogP contribution in [0.3, 0.4) is 0 Å². The van der Waals surface area contributed by atoms with Crippen molar-refractivity contribution in [3.63, 3.8) is 0 Å². The van der Waals surface area contributed by atoms with Crippen LogP contribution in [0.2, 0.25) is 0 Å². The molecule has 1 unspecified atom stereocenters. The summed E-state index contributed by atoms with van der Waals surface area (Å²) in [4.78, 5) is 4.43. The molecule has 0 bridgehead atoms. The Balaban J connectivity index is 2.16. The van der Waals surface area contributed by atoms with E-state index in [-0.39, 0.29) is 5.92 Å². The minimum atomic E-state index is -4.31. The summed E-state index contributed by atoms with van der Waals surface area (Å²) in [6, 6.07) is 5.36. The summed E-state index contributed by atoms with van der Waals surface area (Å²) in [7, 11) is 0. The van der Waals surface area contributed by atoms with Crippen LogP contribution in [0, 0.1) is 0 Å². The molecule has 0 saturated heterocycles. The van der Waals surface area contributed by atoms with Gasteiger partial charge in [-0.3, -0.25) is 0 Å². The number of aromatic nitrogens is 1. The van der Waals surface area contributed by atoms with E-state index in [1.54, 1.807) is 6.07 Å². The van der Waals surface area contributed by atoms with Gasteiger partial charge in [-0.25, -0.2) is 4.98 Å². The van der Waals surface area contributed by atoms with Crippen molar-refractivity contribution in [1.29, 1.82) is 0 Å². The van der Waals surface area contributed by atoms with E-state index in [9.17, 15) is 13.2 Å². The third kappa shape index (κ3) is 3.58. The zero-order valence-corrected chi connectivity index (χ0v) is 11.8. The van der Waals surface area contributed by atoms with Crippen molar-refractivity contribution in [3.8, 4) is 0 Å². The van der Waals surface area contributed by atoms with E-state index in [1.165, 1.54) is 23.5 Å². The van der Waals surface area contributed by atoms with Gasteiger partial charge < -0.3 is 5.73 Å². The summed E-state index contributed by atoms with van der Waals surface area (Å²) in [5.74, 6) is 0.168. The van der Waals surface area contributed by atoms with Crippen molar-refractivity contribution in [2.24, 2.45) is 5.73 Å². The van der Waals surface area contributed by atoms with Gasteiger partial charge in [0.15, 0.2) is 0 Å². The van der Waals surface area contributed by atoms with E-state index < -0.39 is 11.7 Å². The van der Waals surface area contributed by atoms with Crippen LogP contribution in [0.15, 0.2) is 29.6 Å². The predicted octanol–water partition coefficient (Wildman–Crippen LogP) is 3.81. The van der Waals surface area contributed by atoms with Crippen LogP contribution in [0.5, 0.6) is 0 Å². The molecule has 0 aliphatic heterocycles. The van der Waals surface area contributed by atoms with Crippen LogP contribution < -0.4 is 5.73 Å². The molecule has 2 nitrogen and oxygen atoms in total. The van der Waals surface area contributed by atoms with Crippen molar-refractivity contribution >= 4 is 11.3 Å². The Bertz CT molecular complexity index is 578. The first-order valence-corrected chi connectivity index (χ1v) is 7.08. The molecule has 0 spiro atoms. The van der Waals surface area contributed by atoms with Crippen LogP contribution in [0.1, 0.15) is 34.7 Å². The van der Waals surface area contributed by atoms with Crippen molar-refractivity contribution in [2.45, 2.75) is 25.4 Å². The summed E-state index contributed by atoms with van der Waals surface area (Å²) < 4.78 is 37.9. The first kappa shape index (κ1) is 15.0. The van der Waals surface area contributed by atoms with Gasteiger partial charge in [-0.15, -0.1) is 11.3 Å². The first-order chi connectivity index (χ1) is 9.40. The standard InChI is InChI=1S/C14H15F3N2S/c1-9(7-18)12-8-20-13(19-12)6-10-3-2-4-11(5-10)14(15,16)17/h2-5,8-9H,6-7,18H2,1H3. The minimum Gasteiger partial charge on any atom is -0.330 e. The normalized spacial score (nSPS) is 13.4. The van der Waals surface area contributed by atoms with E-state index in [0.717, 1.165) is 16.8 Å². The number of benzene rings is 1. The SMILES string of the molecule is CC(CN)c1csc(Cc2cccc(C(F)(F)F)c2)n1. The number of nitrogens with zero attached hydrogens (tertiary/aromatic N) is 1. The zero-order valence-electron chi connectivity index (χ0n) is 10.9. The molecule has 0 amide bonds. The topological polar surface area (TPSA) is 38.9 Å². The summed E-state index contributed by atoms with van der Waals surface area (Å²) in [6.45, 7) is 2.48. The van der Waals surface area contributed by atoms with Gasteiger partial charge in [0.05, 0.1) is 16.3 Å². The maximum Gasteiger partial charge on any atom is 0.416 e. The lowest BCUT2D eigenvalue weighted by Gasteiger charge is -2.08. The Kier molecular flexibility index (Phi) is 4.45. The van der Waals surface area contributed by atoms with E-state index in [2.05, 4.69) is 4.98 Å². The molecule has 2 rings (SSSR count). The number of hydrogen-bond donors (Lipinski definition) is 1. The van der Waals surface area contributed by atoms with Crippen molar-refractivity contribution in [1.82, 2.24) is 4.98 Å². The molecule has 2 aromatic rings. The van der Waals surface area contributed by atoms with E-state index in [1.807, 2.05) is 12.3 Å². The molecule has 1 atom stereocenters. The Morgan fingerprint density at radius 2 is 2.10 bits per heavy atom. The quantitative estimate of drug-likeness (QED) is 0.932. The Hall–Kier alpha value is -1.40. The number of alkyl halides is 3. The number of nitrogens with two attached hydrogens (primary N) is 1. The van der Waals surface area contributed by atoms with Gasteiger partial charge >= 0.3 is 6.18 Å². The summed E-state index contributed by atoms with van der Waals surface area (Å²) in [5.41, 5.74) is 6.46. The Morgan fingerprint density at radius 1 is 1.35 bits per heavy atom. The molecule has 0 saturated carbocycles. The molecule has 108 valence electrons. The third-order valence-electron chi connectivity index (χ3n) is 3.04. The second-order valence-corrected chi connectivity index (χ2v) is 5.62. The monoisotopic (exact) mass is 300 g/mol. The highest BCUT2D eigenvalue weighted by Gasteiger charge is 2.30. The van der Waals surface area contributed by atoms with Gasteiger partial charge in [0.1, 0.15) is 0 Å². The molecule has 1 aromatic heterocycles. The summed E-state index contributed by atoms with van der Waals surface area (Å²) in [6.07, 6.45) is -3.90. The molecule has 1 aromatic carbocycles. The average molecular weight is 300 g/mol. The third-order valence-corrected chi connectivity index (χ3v) is 3.90. The van der Waals surface area contributed by atoms with Crippen LogP contribution in [-0.2, 0) is 12.6 Å². The Labute approximate surface area is 119 Å². The molecule has 0 aliphatic carbocycles. The largest absolute Gasteiger partial charge is 0.416 e. The molecule has 0 fully saturated rings. The van der Waals surface area contributed by atoms with E-state index in [4.69, 9.17) is 5.73 Å². The highest BCUT2D eigenvalue weighted by Crippen LogP contribution is 2.30. The number of hydrogen-bond acceptors (Lipinski definition) is 3. The molecule has 1 heterocycles. The van der Waals surface area contributed by atoms with Crippen molar-refractivity contribution < 1.29 is 13.2 Å². The molecule has 0 aliphatic rings. The van der Waals surface area contributed by atoms with Crippen LogP contribution in [-0.4, -0.2) is 11.5 Å². The van der Waals surface area contributed by atoms with Crippen molar-refractivity contribution in [2.75, 3.05) is 6.54 Å². The maximum absolute atomic E-state index is 12.6. The smallest absolute Gasteiger partial charge is 0.330 e. The maximum atomic E-state index is 12.6. The minimum absolute atomic E-state index is 0.168. The van der Waals surface area contributed by atoms with Crippen LogP contribution in [0.4, 0.5) is 13.2 Å². The highest BCUT2D eigenvalue weighted by molar-refractivity contribution is 7.09. The highest BCUT2D eigenvalue weighted by atomic mass is 32.1. The second-order valence-electron chi connectivity index (χ2n) is 4.68. The van der Waals surface area contributed by atoms with Gasteiger partial charge in [-0.2, -0.15) is 13.2 Å². The van der Waals surface area contributed by atoms with Crippen LogP contribution >= 0.6 is 11.3 Å². The number of rotatable bonds is 4. The molecule has 0 radical (unpaired) electrons. The lowest BCUT2D eigenvalue weighted by molar-refractivity contribution is -0.137. The van der Waals surface area contributed by atoms with Crippen LogP contribution in [0.25, 0.3) is 0 Å². The molecular formula is C14H15F3N2S. The zero-order chi connectivity index (χ0) is 14.8. The molecule has 20 heavy (non-hydrogen) atoms. The lowest BCUT2D eigenvalue weighted by Crippen LogP contribution is -2.09. The Morgan fingerprint density at radius 3 is 2.75 bits per heavy atom. The summed E-state index contributed by atoms with van der Waals surface area (Å²) >= 11 is 1.45. The fourth-order valence-corrected chi connectivity index (χ4v) is 2.74. The lowest BCUT2D eigenvalue weighted by atomic mass is 10.1. The van der Waals surface area contributed by atoms with Gasteiger partial charge in [-0.05, 0) is 11.6 Å². The molecular weight excluding hydrogens is 285 g/mol. The van der Waals surface area contributed by atoms with Crippen molar-refractivity contribution in [3.05, 3.63) is 51.5 Å². The first-order valence-electron chi connectivity index (χ1n) is 6.20. The fraction of sp³-hybridized carbons (Fsp3) is 0.357. The fourth-order valence-electron chi connectivity index (χ4n) is 1.79. The summed E-state index contributed by atoms with van der Waals surface area (Å²) in [5, 5.41) is 2.72. The van der Waals surface area contributed by atoms with E-state index in [0.29, 0.717) is 18.5 Å². The predicted molar refractivity (Wildman–Crippen MR) is 73.8 cm³/mol. The van der Waals surface area contributed by atoms with Gasteiger partial charge in [0, 0.05) is 24.3 Å². The average Bonchev–Trinajstić information content (AvgIpc) is 2.85. The van der Waals surface area contributed by atoms with Gasteiger partial charge in [0.2, 0.25) is 0 Å². The molecule has 6 heteroatoms. The second kappa shape index (κ2) is 5.93. The number of thiazole rings is 1.